The minimum Gasteiger partial charge on any atom is -0.378 e. The van der Waals surface area contributed by atoms with Crippen molar-refractivity contribution in [1.29, 1.82) is 0 Å². The van der Waals surface area contributed by atoms with Crippen molar-refractivity contribution in [2.24, 2.45) is 10.7 Å². The number of hydrogen-bond donors (Lipinski definition) is 2. The van der Waals surface area contributed by atoms with Gasteiger partial charge in [0.05, 0.1) is 0 Å². The first-order valence-electron chi connectivity index (χ1n) is 12.1. The molecule has 33 heavy (non-hydrogen) atoms. The first-order valence-corrected chi connectivity index (χ1v) is 13.5. The van der Waals surface area contributed by atoms with Gasteiger partial charge in [-0.25, -0.2) is 0 Å². The van der Waals surface area contributed by atoms with Gasteiger partial charge in [-0.15, -0.1) is 0 Å². The molecule has 1 aromatic rings. The molecule has 2 saturated heterocycles. The molecule has 4 aliphatic rings. The largest absolute Gasteiger partial charge is 0.378 e. The van der Waals surface area contributed by atoms with E-state index in [2.05, 4.69) is 62.6 Å². The third-order valence-corrected chi connectivity index (χ3v) is 8.07. The van der Waals surface area contributed by atoms with Gasteiger partial charge in [0, 0.05) is 36.3 Å². The number of fused-ring (bicyclic) bond motifs is 1. The highest BCUT2D eigenvalue weighted by Crippen LogP contribution is 2.42. The number of nitrogens with one attached hydrogen (secondary N) is 1. The summed E-state index contributed by atoms with van der Waals surface area (Å²) in [6.45, 7) is 4.86. The summed E-state index contributed by atoms with van der Waals surface area (Å²) < 4.78 is 0. The Morgan fingerprint density at radius 2 is 1.88 bits per heavy atom. The molecule has 2 aliphatic carbocycles. The number of thioether (sulfide) groups is 1. The molecule has 3 fully saturated rings. The number of aliphatic imine (C=N–C) groups is 1. The van der Waals surface area contributed by atoms with Gasteiger partial charge in [0.15, 0.2) is 10.3 Å². The third kappa shape index (κ3) is 5.89. The number of piperidine rings is 1. The number of nitrogens with zero attached hydrogens (tertiary/aromatic N) is 3. The quantitative estimate of drug-likeness (QED) is 0.349. The van der Waals surface area contributed by atoms with Gasteiger partial charge < -0.3 is 20.9 Å². The summed E-state index contributed by atoms with van der Waals surface area (Å²) in [6.07, 6.45) is 14.2. The van der Waals surface area contributed by atoms with Crippen LogP contribution < -0.4 is 16.0 Å². The first kappa shape index (κ1) is 22.7. The lowest BCUT2D eigenvalue weighted by Crippen LogP contribution is -2.43. The Bertz CT molecular complexity index is 994. The van der Waals surface area contributed by atoms with Gasteiger partial charge in [0.25, 0.3) is 0 Å². The van der Waals surface area contributed by atoms with Crippen molar-refractivity contribution in [2.75, 3.05) is 42.1 Å². The van der Waals surface area contributed by atoms with E-state index in [0.717, 1.165) is 43.4 Å². The van der Waals surface area contributed by atoms with Crippen LogP contribution in [-0.4, -0.2) is 53.2 Å². The number of amidine groups is 1. The van der Waals surface area contributed by atoms with Crippen LogP contribution >= 0.6 is 24.0 Å². The predicted molar refractivity (Wildman–Crippen MR) is 146 cm³/mol. The molecule has 0 amide bonds. The van der Waals surface area contributed by atoms with Crippen LogP contribution in [0.25, 0.3) is 0 Å². The summed E-state index contributed by atoms with van der Waals surface area (Å²) in [5, 5.41) is 4.11. The molecule has 2 aliphatic heterocycles. The van der Waals surface area contributed by atoms with E-state index in [0.29, 0.717) is 10.3 Å². The van der Waals surface area contributed by atoms with Crippen molar-refractivity contribution >= 4 is 45.6 Å². The molecule has 3 N–H and O–H groups in total. The Kier molecular flexibility index (Phi) is 7.19. The number of allylic oxidation sites excluding steroid dienone is 5. The van der Waals surface area contributed by atoms with Gasteiger partial charge in [-0.05, 0) is 105 Å². The average Bonchev–Trinajstić information content (AvgIpc) is 3.43. The van der Waals surface area contributed by atoms with E-state index >= 15 is 0 Å². The number of thiocarbonyl (C=S) groups is 1. The molecular weight excluding hydrogens is 446 g/mol. The molecule has 0 spiro atoms. The van der Waals surface area contributed by atoms with Crippen LogP contribution in [0.4, 0.5) is 11.4 Å². The van der Waals surface area contributed by atoms with Crippen molar-refractivity contribution in [2.45, 2.75) is 44.6 Å². The Balaban J connectivity index is 1.09. The molecule has 0 aromatic heterocycles. The summed E-state index contributed by atoms with van der Waals surface area (Å²) in [6, 6.07) is 9.29. The molecule has 0 unspecified atom stereocenters. The SMILES string of the molecule is NC(=NC(=S)Nc1ccc(N2CCC(N3CCCC3)CC2)cc1)SCC1=C2CC2=CCC=C1. The lowest BCUT2D eigenvalue weighted by atomic mass is 10.0. The third-order valence-electron chi connectivity index (χ3n) is 7.03. The molecule has 1 saturated carbocycles. The van der Waals surface area contributed by atoms with Crippen molar-refractivity contribution < 1.29 is 0 Å². The van der Waals surface area contributed by atoms with Gasteiger partial charge in [-0.2, -0.15) is 4.99 Å². The minimum atomic E-state index is 0.403. The maximum atomic E-state index is 6.14. The van der Waals surface area contributed by atoms with Gasteiger partial charge in [0.2, 0.25) is 0 Å². The molecule has 5 rings (SSSR count). The number of benzene rings is 1. The summed E-state index contributed by atoms with van der Waals surface area (Å²) in [5.74, 6) is 0.838. The fraction of sp³-hybridized carbons (Fsp3) is 0.462. The number of hydrogen-bond acceptors (Lipinski definition) is 4. The Labute approximate surface area is 206 Å². The van der Waals surface area contributed by atoms with Gasteiger partial charge in [-0.3, -0.25) is 0 Å². The van der Waals surface area contributed by atoms with Gasteiger partial charge in [0.1, 0.15) is 0 Å². The van der Waals surface area contributed by atoms with Crippen LogP contribution in [-0.2, 0) is 0 Å². The summed E-state index contributed by atoms with van der Waals surface area (Å²) in [4.78, 5) is 9.57. The predicted octanol–water partition coefficient (Wildman–Crippen LogP) is 5.08. The lowest BCUT2D eigenvalue weighted by Gasteiger charge is -2.37. The van der Waals surface area contributed by atoms with E-state index in [1.165, 1.54) is 61.2 Å². The van der Waals surface area contributed by atoms with E-state index in [9.17, 15) is 0 Å². The van der Waals surface area contributed by atoms with Crippen molar-refractivity contribution in [3.05, 3.63) is 59.2 Å². The van der Waals surface area contributed by atoms with Crippen LogP contribution in [0, 0.1) is 0 Å². The monoisotopic (exact) mass is 479 g/mol. The van der Waals surface area contributed by atoms with E-state index in [1.807, 2.05) is 0 Å². The summed E-state index contributed by atoms with van der Waals surface area (Å²) >= 11 is 6.96. The smallest absolute Gasteiger partial charge is 0.199 e. The molecule has 2 heterocycles. The van der Waals surface area contributed by atoms with Crippen molar-refractivity contribution in [1.82, 2.24) is 4.90 Å². The minimum absolute atomic E-state index is 0.403. The topological polar surface area (TPSA) is 56.9 Å². The summed E-state index contributed by atoms with van der Waals surface area (Å²) in [5.41, 5.74) is 12.7. The summed E-state index contributed by atoms with van der Waals surface area (Å²) in [7, 11) is 0. The normalized spacial score (nSPS) is 21.6. The fourth-order valence-electron chi connectivity index (χ4n) is 5.10. The zero-order valence-electron chi connectivity index (χ0n) is 19.1. The Morgan fingerprint density at radius 1 is 1.12 bits per heavy atom. The second-order valence-corrected chi connectivity index (χ2v) is 10.6. The van der Waals surface area contributed by atoms with E-state index in [1.54, 1.807) is 11.8 Å². The van der Waals surface area contributed by atoms with E-state index in [4.69, 9.17) is 18.0 Å². The van der Waals surface area contributed by atoms with Crippen LogP contribution in [0.1, 0.15) is 38.5 Å². The highest BCUT2D eigenvalue weighted by molar-refractivity contribution is 8.14. The maximum absolute atomic E-state index is 6.14. The van der Waals surface area contributed by atoms with Crippen LogP contribution in [0.15, 0.2) is 64.2 Å². The van der Waals surface area contributed by atoms with Crippen molar-refractivity contribution in [3.63, 3.8) is 0 Å². The zero-order chi connectivity index (χ0) is 22.6. The van der Waals surface area contributed by atoms with E-state index in [-0.39, 0.29) is 0 Å². The van der Waals surface area contributed by atoms with E-state index < -0.39 is 0 Å². The van der Waals surface area contributed by atoms with Crippen molar-refractivity contribution in [3.8, 4) is 0 Å². The molecule has 0 bridgehead atoms. The molecule has 5 nitrogen and oxygen atoms in total. The number of likely N-dealkylation sites (tertiary alicyclic amines) is 1. The number of nitrogens with two attached hydrogens (primary N) is 1. The average molecular weight is 480 g/mol. The molecular formula is C26H33N5S2. The van der Waals surface area contributed by atoms with Crippen LogP contribution in [0.3, 0.4) is 0 Å². The maximum Gasteiger partial charge on any atom is 0.199 e. The van der Waals surface area contributed by atoms with Crippen LogP contribution in [0.2, 0.25) is 0 Å². The lowest BCUT2D eigenvalue weighted by molar-refractivity contribution is 0.208. The molecule has 1 aromatic carbocycles. The number of anilines is 2. The first-order chi connectivity index (χ1) is 16.2. The highest BCUT2D eigenvalue weighted by atomic mass is 32.2. The second kappa shape index (κ2) is 10.5. The molecule has 0 radical (unpaired) electrons. The van der Waals surface area contributed by atoms with Gasteiger partial charge >= 0.3 is 0 Å². The Hall–Kier alpha value is -2.09. The molecule has 7 heteroatoms. The number of rotatable bonds is 5. The van der Waals surface area contributed by atoms with Crippen LogP contribution in [0.5, 0.6) is 0 Å². The second-order valence-electron chi connectivity index (χ2n) is 9.23. The van der Waals surface area contributed by atoms with Gasteiger partial charge in [-0.1, -0.05) is 30.0 Å². The highest BCUT2D eigenvalue weighted by Gasteiger charge is 2.26. The zero-order valence-corrected chi connectivity index (χ0v) is 20.8. The fourth-order valence-corrected chi connectivity index (χ4v) is 6.11. The molecule has 174 valence electrons. The molecule has 0 atom stereocenters. The Morgan fingerprint density at radius 3 is 2.64 bits per heavy atom. The standard InChI is InChI=1S/C26H33N5S2/c27-25(33-18-20-6-2-1-5-19-17-24(19)20)29-26(32)28-21-7-9-22(10-8-21)31-15-11-23(12-16-31)30-13-3-4-14-30/h2,5-10,23H,1,3-4,11-18H2,(H3,27,28,29,32).